The van der Waals surface area contributed by atoms with Crippen LogP contribution < -0.4 is 0 Å². The van der Waals surface area contributed by atoms with E-state index in [1.54, 1.807) is 12.1 Å². The first-order chi connectivity index (χ1) is 8.00. The minimum atomic E-state index is -0.465. The van der Waals surface area contributed by atoms with E-state index < -0.39 is 17.0 Å². The molecule has 88 valence electrons. The highest BCUT2D eigenvalue weighted by Crippen LogP contribution is 2.37. The number of carbonyl (C=O) groups is 1. The summed E-state index contributed by atoms with van der Waals surface area (Å²) in [5, 5.41) is 10.5. The Balaban J connectivity index is 2.27. The molecule has 0 unspecified atom stereocenters. The zero-order chi connectivity index (χ0) is 12.6. The molecule has 1 aromatic rings. The predicted molar refractivity (Wildman–Crippen MR) is 60.2 cm³/mol. The molecule has 1 heterocycles. The fraction of sp³-hybridized carbons (Fsp3) is 0.250. The highest BCUT2D eigenvalue weighted by molar-refractivity contribution is 5.90. The maximum Gasteiger partial charge on any atom is 0.334 e. The van der Waals surface area contributed by atoms with Gasteiger partial charge in [0.1, 0.15) is 6.10 Å². The number of cyclic esters (lactones) is 1. The van der Waals surface area contributed by atoms with E-state index >= 15 is 0 Å². The summed E-state index contributed by atoms with van der Waals surface area (Å²) in [7, 11) is 0. The van der Waals surface area contributed by atoms with E-state index in [1.807, 2.05) is 6.92 Å². The molecule has 1 aliphatic heterocycles. The zero-order valence-electron chi connectivity index (χ0n) is 9.25. The molecular weight excluding hydrogens is 222 g/mol. The Kier molecular flexibility index (Phi) is 2.67. The Labute approximate surface area is 97.9 Å². The van der Waals surface area contributed by atoms with Crippen LogP contribution in [0.4, 0.5) is 5.69 Å². The van der Waals surface area contributed by atoms with Crippen LogP contribution in [0.2, 0.25) is 0 Å². The van der Waals surface area contributed by atoms with E-state index in [2.05, 4.69) is 6.58 Å². The Morgan fingerprint density at radius 1 is 1.35 bits per heavy atom. The number of benzene rings is 1. The quantitative estimate of drug-likeness (QED) is 0.340. The maximum atomic E-state index is 11.3. The number of hydrogen-bond donors (Lipinski definition) is 0. The van der Waals surface area contributed by atoms with E-state index in [9.17, 15) is 14.9 Å². The van der Waals surface area contributed by atoms with Gasteiger partial charge in [-0.15, -0.1) is 0 Å². The first-order valence-corrected chi connectivity index (χ1v) is 5.15. The van der Waals surface area contributed by atoms with Crippen LogP contribution in [-0.4, -0.2) is 10.9 Å². The molecule has 0 aromatic heterocycles. The SMILES string of the molecule is C=C1C(=O)O[C@H](c2ccc([N+](=O)[O-])cc2)[C@@H]1C. The lowest BCUT2D eigenvalue weighted by Crippen LogP contribution is -2.04. The lowest BCUT2D eigenvalue weighted by Gasteiger charge is -2.13. The normalized spacial score (nSPS) is 23.6. The monoisotopic (exact) mass is 233 g/mol. The van der Waals surface area contributed by atoms with E-state index in [-0.39, 0.29) is 11.6 Å². The van der Waals surface area contributed by atoms with Crippen LogP contribution in [0.3, 0.4) is 0 Å². The molecule has 0 spiro atoms. The minimum Gasteiger partial charge on any atom is -0.453 e. The van der Waals surface area contributed by atoms with Crippen LogP contribution >= 0.6 is 0 Å². The van der Waals surface area contributed by atoms with Gasteiger partial charge in [-0.25, -0.2) is 4.79 Å². The summed E-state index contributed by atoms with van der Waals surface area (Å²) in [6, 6.07) is 6.00. The molecule has 5 heteroatoms. The lowest BCUT2D eigenvalue weighted by molar-refractivity contribution is -0.384. The Hall–Kier alpha value is -2.17. The molecule has 5 nitrogen and oxygen atoms in total. The number of carbonyl (C=O) groups excluding carboxylic acids is 1. The lowest BCUT2D eigenvalue weighted by atomic mass is 9.94. The number of hydrogen-bond acceptors (Lipinski definition) is 4. The summed E-state index contributed by atoms with van der Waals surface area (Å²) in [5.74, 6) is -0.509. The molecule has 0 radical (unpaired) electrons. The van der Waals surface area contributed by atoms with Crippen molar-refractivity contribution in [1.29, 1.82) is 0 Å². The number of esters is 1. The second-order valence-electron chi connectivity index (χ2n) is 3.99. The van der Waals surface area contributed by atoms with Crippen molar-refractivity contribution in [3.63, 3.8) is 0 Å². The number of nitrogens with zero attached hydrogens (tertiary/aromatic N) is 1. The van der Waals surface area contributed by atoms with Crippen molar-refractivity contribution in [2.24, 2.45) is 5.92 Å². The van der Waals surface area contributed by atoms with Crippen molar-refractivity contribution < 1.29 is 14.5 Å². The highest BCUT2D eigenvalue weighted by atomic mass is 16.6. The van der Waals surface area contributed by atoms with Gasteiger partial charge >= 0.3 is 5.97 Å². The Bertz CT molecular complexity index is 492. The third kappa shape index (κ3) is 1.91. The molecule has 0 saturated carbocycles. The summed E-state index contributed by atoms with van der Waals surface area (Å²) in [5.41, 5.74) is 1.20. The van der Waals surface area contributed by atoms with E-state index in [4.69, 9.17) is 4.74 Å². The van der Waals surface area contributed by atoms with Gasteiger partial charge in [0, 0.05) is 23.6 Å². The summed E-state index contributed by atoms with van der Waals surface area (Å²) in [6.07, 6.45) is -0.393. The number of ether oxygens (including phenoxy) is 1. The first-order valence-electron chi connectivity index (χ1n) is 5.15. The Morgan fingerprint density at radius 3 is 2.35 bits per heavy atom. The van der Waals surface area contributed by atoms with Crippen molar-refractivity contribution in [3.05, 3.63) is 52.1 Å². The number of nitro benzene ring substituents is 1. The van der Waals surface area contributed by atoms with Crippen LogP contribution in [0, 0.1) is 16.0 Å². The predicted octanol–water partition coefficient (Wildman–Crippen LogP) is 2.39. The van der Waals surface area contributed by atoms with Gasteiger partial charge in [0.15, 0.2) is 0 Å². The fourth-order valence-electron chi connectivity index (χ4n) is 1.80. The summed E-state index contributed by atoms with van der Waals surface area (Å²) >= 11 is 0. The van der Waals surface area contributed by atoms with Crippen molar-refractivity contribution in [2.45, 2.75) is 13.0 Å². The van der Waals surface area contributed by atoms with Gasteiger partial charge < -0.3 is 4.74 Å². The van der Waals surface area contributed by atoms with Gasteiger partial charge in [-0.2, -0.15) is 0 Å². The van der Waals surface area contributed by atoms with Gasteiger partial charge in [-0.1, -0.05) is 13.5 Å². The minimum absolute atomic E-state index is 0.0181. The van der Waals surface area contributed by atoms with Crippen molar-refractivity contribution in [3.8, 4) is 0 Å². The van der Waals surface area contributed by atoms with E-state index in [0.717, 1.165) is 5.56 Å². The van der Waals surface area contributed by atoms with E-state index in [1.165, 1.54) is 12.1 Å². The molecular formula is C12H11NO4. The fourth-order valence-corrected chi connectivity index (χ4v) is 1.80. The van der Waals surface area contributed by atoms with Crippen LogP contribution in [-0.2, 0) is 9.53 Å². The van der Waals surface area contributed by atoms with Crippen LogP contribution in [0.1, 0.15) is 18.6 Å². The Morgan fingerprint density at radius 2 is 1.94 bits per heavy atom. The summed E-state index contributed by atoms with van der Waals surface area (Å²) in [6.45, 7) is 5.50. The first kappa shape index (κ1) is 11.3. The summed E-state index contributed by atoms with van der Waals surface area (Å²) in [4.78, 5) is 21.4. The van der Waals surface area contributed by atoms with Gasteiger partial charge in [0.05, 0.1) is 4.92 Å². The largest absolute Gasteiger partial charge is 0.453 e. The topological polar surface area (TPSA) is 69.4 Å². The van der Waals surface area contributed by atoms with Gasteiger partial charge in [0.2, 0.25) is 0 Å². The second kappa shape index (κ2) is 4.01. The van der Waals surface area contributed by atoms with E-state index in [0.29, 0.717) is 5.57 Å². The third-order valence-electron chi connectivity index (χ3n) is 2.93. The average Bonchev–Trinajstić information content (AvgIpc) is 2.57. The van der Waals surface area contributed by atoms with Crippen LogP contribution in [0.25, 0.3) is 0 Å². The zero-order valence-corrected chi connectivity index (χ0v) is 9.25. The number of rotatable bonds is 2. The molecule has 1 fully saturated rings. The number of nitro groups is 1. The van der Waals surface area contributed by atoms with Crippen LogP contribution in [0.15, 0.2) is 36.4 Å². The van der Waals surface area contributed by atoms with Gasteiger partial charge in [-0.3, -0.25) is 10.1 Å². The molecule has 0 aliphatic carbocycles. The van der Waals surface area contributed by atoms with Gasteiger partial charge in [0.25, 0.3) is 5.69 Å². The summed E-state index contributed by atoms with van der Waals surface area (Å²) < 4.78 is 5.16. The molecule has 0 N–H and O–H groups in total. The molecule has 2 atom stereocenters. The second-order valence-corrected chi connectivity index (χ2v) is 3.99. The van der Waals surface area contributed by atoms with Crippen LogP contribution in [0.5, 0.6) is 0 Å². The van der Waals surface area contributed by atoms with Gasteiger partial charge in [-0.05, 0) is 17.7 Å². The van der Waals surface area contributed by atoms with Crippen molar-refractivity contribution in [2.75, 3.05) is 0 Å². The third-order valence-corrected chi connectivity index (χ3v) is 2.93. The smallest absolute Gasteiger partial charge is 0.334 e. The molecule has 1 aliphatic rings. The standard InChI is InChI=1S/C12H11NO4/c1-7-8(2)12(14)17-11(7)9-3-5-10(6-4-9)13(15)16/h3-7,11H,2H2,1H3/t7-,11+/m1/s1. The highest BCUT2D eigenvalue weighted by Gasteiger charge is 2.36. The number of non-ortho nitro benzene ring substituents is 1. The van der Waals surface area contributed by atoms with Crippen molar-refractivity contribution >= 4 is 11.7 Å². The van der Waals surface area contributed by atoms with Crippen molar-refractivity contribution in [1.82, 2.24) is 0 Å². The molecule has 17 heavy (non-hydrogen) atoms. The molecule has 0 amide bonds. The molecule has 0 bridgehead atoms. The maximum absolute atomic E-state index is 11.3. The molecule has 1 saturated heterocycles. The average molecular weight is 233 g/mol. The molecule has 1 aromatic carbocycles. The molecule has 2 rings (SSSR count).